The molecule has 14 heavy (non-hydrogen) atoms. The second kappa shape index (κ2) is 4.82. The van der Waals surface area contributed by atoms with Crippen LogP contribution in [0.3, 0.4) is 0 Å². The molecule has 4 heteroatoms. The number of allylic oxidation sites excluding steroid dienone is 2. The van der Waals surface area contributed by atoms with Crippen LogP contribution in [-0.2, 0) is 4.74 Å². The van der Waals surface area contributed by atoms with E-state index < -0.39 is 0 Å². The van der Waals surface area contributed by atoms with Gasteiger partial charge in [-0.15, -0.1) is 0 Å². The van der Waals surface area contributed by atoms with Gasteiger partial charge in [0.15, 0.2) is 0 Å². The number of rotatable bonds is 2. The molecule has 0 amide bonds. The van der Waals surface area contributed by atoms with E-state index in [9.17, 15) is 0 Å². The Bertz CT molecular complexity index is 257. The fourth-order valence-corrected chi connectivity index (χ4v) is 1.79. The molecule has 3 nitrogen and oxygen atoms in total. The molecule has 2 rings (SSSR count). The largest absolute Gasteiger partial charge is 0.379 e. The van der Waals surface area contributed by atoms with Crippen molar-refractivity contribution in [2.24, 2.45) is 0 Å². The Balaban J connectivity index is 1.84. The zero-order chi connectivity index (χ0) is 9.80. The standard InChI is InChI=1S/C10H15ClN2O/c11-10-2-1-9(7-12-10)8-13-3-5-14-6-4-13/h1-2,12H,3-8H2. The first-order valence-electron chi connectivity index (χ1n) is 4.94. The van der Waals surface area contributed by atoms with Gasteiger partial charge < -0.3 is 10.1 Å². The van der Waals surface area contributed by atoms with Crippen molar-refractivity contribution in [3.05, 3.63) is 22.9 Å². The van der Waals surface area contributed by atoms with Crippen molar-refractivity contribution in [3.8, 4) is 0 Å². The number of morpholine rings is 1. The quantitative estimate of drug-likeness (QED) is 0.693. The molecule has 0 aromatic rings. The van der Waals surface area contributed by atoms with Crippen LogP contribution < -0.4 is 5.32 Å². The molecule has 1 fully saturated rings. The van der Waals surface area contributed by atoms with Gasteiger partial charge >= 0.3 is 0 Å². The second-order valence-electron chi connectivity index (χ2n) is 3.58. The number of ether oxygens (including phenoxy) is 1. The first-order chi connectivity index (χ1) is 6.84. The van der Waals surface area contributed by atoms with Crippen LogP contribution in [0.15, 0.2) is 22.9 Å². The highest BCUT2D eigenvalue weighted by Crippen LogP contribution is 2.09. The lowest BCUT2D eigenvalue weighted by Crippen LogP contribution is -2.38. The summed E-state index contributed by atoms with van der Waals surface area (Å²) in [6.45, 7) is 5.68. The molecule has 0 atom stereocenters. The summed E-state index contributed by atoms with van der Waals surface area (Å²) in [6.07, 6.45) is 4.02. The highest BCUT2D eigenvalue weighted by Gasteiger charge is 2.12. The fourth-order valence-electron chi connectivity index (χ4n) is 1.66. The molecule has 2 aliphatic heterocycles. The molecule has 0 saturated carbocycles. The molecule has 2 aliphatic rings. The molecule has 78 valence electrons. The molecule has 0 aromatic heterocycles. The van der Waals surface area contributed by atoms with Gasteiger partial charge in [-0.25, -0.2) is 0 Å². The van der Waals surface area contributed by atoms with Gasteiger partial charge in [-0.05, 0) is 11.6 Å². The Morgan fingerprint density at radius 1 is 1.36 bits per heavy atom. The van der Waals surface area contributed by atoms with Crippen molar-refractivity contribution in [2.75, 3.05) is 39.4 Å². The van der Waals surface area contributed by atoms with Gasteiger partial charge in [0.2, 0.25) is 0 Å². The fraction of sp³-hybridized carbons (Fsp3) is 0.600. The maximum absolute atomic E-state index is 5.80. The first-order valence-corrected chi connectivity index (χ1v) is 5.31. The van der Waals surface area contributed by atoms with Gasteiger partial charge in [0, 0.05) is 26.2 Å². The number of nitrogens with zero attached hydrogens (tertiary/aromatic N) is 1. The SMILES string of the molecule is ClC1=CC=C(CN2CCOCC2)CN1. The highest BCUT2D eigenvalue weighted by atomic mass is 35.5. The summed E-state index contributed by atoms with van der Waals surface area (Å²) in [5.41, 5.74) is 1.39. The topological polar surface area (TPSA) is 24.5 Å². The summed E-state index contributed by atoms with van der Waals surface area (Å²) in [5.74, 6) is 0. The van der Waals surface area contributed by atoms with Gasteiger partial charge in [-0.3, -0.25) is 4.90 Å². The van der Waals surface area contributed by atoms with Crippen LogP contribution in [0.2, 0.25) is 0 Å². The van der Waals surface area contributed by atoms with E-state index in [2.05, 4.69) is 16.3 Å². The van der Waals surface area contributed by atoms with E-state index in [1.807, 2.05) is 6.08 Å². The van der Waals surface area contributed by atoms with E-state index in [0.717, 1.165) is 44.5 Å². The van der Waals surface area contributed by atoms with Crippen LogP contribution in [0.25, 0.3) is 0 Å². The van der Waals surface area contributed by atoms with Gasteiger partial charge in [0.1, 0.15) is 5.16 Å². The number of hydrogen-bond acceptors (Lipinski definition) is 3. The van der Waals surface area contributed by atoms with Crippen LogP contribution in [0.5, 0.6) is 0 Å². The first kappa shape index (κ1) is 10.0. The molecule has 0 aliphatic carbocycles. The van der Waals surface area contributed by atoms with E-state index >= 15 is 0 Å². The Morgan fingerprint density at radius 2 is 2.14 bits per heavy atom. The summed E-state index contributed by atoms with van der Waals surface area (Å²) in [4.78, 5) is 2.41. The van der Waals surface area contributed by atoms with Crippen molar-refractivity contribution in [1.29, 1.82) is 0 Å². The molecule has 0 spiro atoms. The van der Waals surface area contributed by atoms with Crippen LogP contribution in [0, 0.1) is 0 Å². The lowest BCUT2D eigenvalue weighted by atomic mass is 10.2. The smallest absolute Gasteiger partial charge is 0.102 e. The summed E-state index contributed by atoms with van der Waals surface area (Å²) in [6, 6.07) is 0. The average molecular weight is 215 g/mol. The van der Waals surface area contributed by atoms with Crippen LogP contribution in [0.4, 0.5) is 0 Å². The van der Waals surface area contributed by atoms with Gasteiger partial charge in [-0.1, -0.05) is 17.7 Å². The minimum atomic E-state index is 0.732. The Labute approximate surface area is 89.4 Å². The van der Waals surface area contributed by atoms with E-state index in [-0.39, 0.29) is 0 Å². The minimum Gasteiger partial charge on any atom is -0.379 e. The Morgan fingerprint density at radius 3 is 2.79 bits per heavy atom. The molecule has 0 radical (unpaired) electrons. The van der Waals surface area contributed by atoms with Crippen molar-refractivity contribution in [3.63, 3.8) is 0 Å². The number of halogens is 1. The third-order valence-electron chi connectivity index (χ3n) is 2.48. The van der Waals surface area contributed by atoms with Crippen LogP contribution in [-0.4, -0.2) is 44.3 Å². The molecular formula is C10H15ClN2O. The average Bonchev–Trinajstić information content (AvgIpc) is 2.23. The Kier molecular flexibility index (Phi) is 3.45. The zero-order valence-electron chi connectivity index (χ0n) is 8.13. The van der Waals surface area contributed by atoms with Crippen molar-refractivity contribution >= 4 is 11.6 Å². The van der Waals surface area contributed by atoms with E-state index in [4.69, 9.17) is 16.3 Å². The molecule has 0 aromatic carbocycles. The van der Waals surface area contributed by atoms with Crippen molar-refractivity contribution < 1.29 is 4.74 Å². The molecule has 0 unspecified atom stereocenters. The minimum absolute atomic E-state index is 0.732. The van der Waals surface area contributed by atoms with Gasteiger partial charge in [0.05, 0.1) is 13.2 Å². The highest BCUT2D eigenvalue weighted by molar-refractivity contribution is 6.29. The normalized spacial score (nSPS) is 23.8. The van der Waals surface area contributed by atoms with Crippen molar-refractivity contribution in [1.82, 2.24) is 10.2 Å². The molecule has 0 bridgehead atoms. The summed E-state index contributed by atoms with van der Waals surface area (Å²) in [5, 5.41) is 3.85. The van der Waals surface area contributed by atoms with E-state index in [1.165, 1.54) is 5.57 Å². The lowest BCUT2D eigenvalue weighted by molar-refractivity contribution is 0.0421. The molecular weight excluding hydrogens is 200 g/mol. The third-order valence-corrected chi connectivity index (χ3v) is 2.74. The van der Waals surface area contributed by atoms with Crippen LogP contribution in [0.1, 0.15) is 0 Å². The summed E-state index contributed by atoms with van der Waals surface area (Å²) < 4.78 is 5.30. The molecule has 2 heterocycles. The third kappa shape index (κ3) is 2.74. The van der Waals surface area contributed by atoms with Crippen molar-refractivity contribution in [2.45, 2.75) is 0 Å². The second-order valence-corrected chi connectivity index (χ2v) is 3.99. The number of dihydropyridines is 1. The maximum Gasteiger partial charge on any atom is 0.102 e. The number of hydrogen-bond donors (Lipinski definition) is 1. The summed E-state index contributed by atoms with van der Waals surface area (Å²) in [7, 11) is 0. The lowest BCUT2D eigenvalue weighted by Gasteiger charge is -2.28. The van der Waals surface area contributed by atoms with Gasteiger partial charge in [0.25, 0.3) is 0 Å². The summed E-state index contributed by atoms with van der Waals surface area (Å²) >= 11 is 5.80. The maximum atomic E-state index is 5.80. The van der Waals surface area contributed by atoms with E-state index in [1.54, 1.807) is 0 Å². The Hall–Kier alpha value is -0.510. The monoisotopic (exact) mass is 214 g/mol. The molecule has 1 N–H and O–H groups in total. The zero-order valence-corrected chi connectivity index (χ0v) is 8.89. The predicted molar refractivity (Wildman–Crippen MR) is 57.3 cm³/mol. The number of nitrogens with one attached hydrogen (secondary N) is 1. The van der Waals surface area contributed by atoms with E-state index in [0.29, 0.717) is 0 Å². The molecule has 1 saturated heterocycles. The predicted octanol–water partition coefficient (Wildman–Crippen LogP) is 0.928. The van der Waals surface area contributed by atoms with Gasteiger partial charge in [-0.2, -0.15) is 0 Å². The van der Waals surface area contributed by atoms with Crippen LogP contribution >= 0.6 is 11.6 Å².